The van der Waals surface area contributed by atoms with Crippen molar-refractivity contribution in [3.63, 3.8) is 0 Å². The van der Waals surface area contributed by atoms with Gasteiger partial charge < -0.3 is 25.0 Å². The van der Waals surface area contributed by atoms with Crippen LogP contribution in [0.1, 0.15) is 31.9 Å². The fraction of sp³-hybridized carbons (Fsp3) is 0.632. The molecule has 0 aliphatic carbocycles. The van der Waals surface area contributed by atoms with Crippen LogP contribution in [0.15, 0.2) is 18.2 Å². The van der Waals surface area contributed by atoms with E-state index in [1.807, 2.05) is 6.92 Å². The SMILES string of the molecule is COCC(C)(O)CC(=O)NC(C)c1cc(F)ccc1N1CCN(C)CC1. The van der Waals surface area contributed by atoms with Crippen LogP contribution in [0.25, 0.3) is 0 Å². The third kappa shape index (κ3) is 5.65. The van der Waals surface area contributed by atoms with Crippen molar-refractivity contribution in [3.05, 3.63) is 29.6 Å². The molecule has 26 heavy (non-hydrogen) atoms. The third-order valence-electron chi connectivity index (χ3n) is 4.67. The van der Waals surface area contributed by atoms with E-state index in [4.69, 9.17) is 4.74 Å². The number of ether oxygens (including phenoxy) is 1. The number of hydrogen-bond acceptors (Lipinski definition) is 5. The largest absolute Gasteiger partial charge is 0.387 e. The topological polar surface area (TPSA) is 65.0 Å². The van der Waals surface area contributed by atoms with Gasteiger partial charge in [0.15, 0.2) is 0 Å². The van der Waals surface area contributed by atoms with Gasteiger partial charge in [0.1, 0.15) is 5.82 Å². The average Bonchev–Trinajstić information content (AvgIpc) is 2.55. The van der Waals surface area contributed by atoms with E-state index in [-0.39, 0.29) is 30.8 Å². The van der Waals surface area contributed by atoms with Gasteiger partial charge in [-0.25, -0.2) is 4.39 Å². The van der Waals surface area contributed by atoms with Crippen LogP contribution in [0, 0.1) is 5.82 Å². The number of nitrogens with zero attached hydrogens (tertiary/aromatic N) is 2. The van der Waals surface area contributed by atoms with E-state index in [9.17, 15) is 14.3 Å². The highest BCUT2D eigenvalue weighted by atomic mass is 19.1. The number of aliphatic hydroxyl groups is 1. The molecule has 7 heteroatoms. The first kappa shape index (κ1) is 20.6. The van der Waals surface area contributed by atoms with Gasteiger partial charge in [-0.1, -0.05) is 0 Å². The molecular weight excluding hydrogens is 337 g/mol. The van der Waals surface area contributed by atoms with E-state index >= 15 is 0 Å². The summed E-state index contributed by atoms with van der Waals surface area (Å²) in [6.07, 6.45) is -0.0790. The molecule has 0 bridgehead atoms. The summed E-state index contributed by atoms with van der Waals surface area (Å²) >= 11 is 0. The molecule has 1 amide bonds. The fourth-order valence-corrected chi connectivity index (χ4v) is 3.29. The van der Waals surface area contributed by atoms with Crippen molar-refractivity contribution in [2.75, 3.05) is 51.8 Å². The van der Waals surface area contributed by atoms with E-state index in [1.165, 1.54) is 19.2 Å². The molecule has 0 aromatic heterocycles. The van der Waals surface area contributed by atoms with Crippen LogP contribution in [-0.4, -0.2) is 68.5 Å². The summed E-state index contributed by atoms with van der Waals surface area (Å²) in [4.78, 5) is 16.8. The first-order valence-corrected chi connectivity index (χ1v) is 8.95. The number of nitrogens with one attached hydrogen (secondary N) is 1. The van der Waals surface area contributed by atoms with Crippen LogP contribution in [0.3, 0.4) is 0 Å². The minimum Gasteiger partial charge on any atom is -0.387 e. The van der Waals surface area contributed by atoms with Gasteiger partial charge in [-0.3, -0.25) is 4.79 Å². The zero-order chi connectivity index (χ0) is 19.3. The molecular formula is C19H30FN3O3. The van der Waals surface area contributed by atoms with Crippen molar-refractivity contribution in [1.82, 2.24) is 10.2 Å². The Bertz CT molecular complexity index is 616. The molecule has 2 unspecified atom stereocenters. The first-order valence-electron chi connectivity index (χ1n) is 8.95. The van der Waals surface area contributed by atoms with Gasteiger partial charge in [0, 0.05) is 44.5 Å². The Morgan fingerprint density at radius 3 is 2.65 bits per heavy atom. The summed E-state index contributed by atoms with van der Waals surface area (Å²) in [7, 11) is 3.56. The molecule has 1 aromatic carbocycles. The Hall–Kier alpha value is -1.70. The van der Waals surface area contributed by atoms with E-state index in [1.54, 1.807) is 13.0 Å². The lowest BCUT2D eigenvalue weighted by atomic mass is 10.0. The van der Waals surface area contributed by atoms with Crippen LogP contribution in [0.2, 0.25) is 0 Å². The van der Waals surface area contributed by atoms with Crippen LogP contribution in [0.5, 0.6) is 0 Å². The number of likely N-dealkylation sites (N-methyl/N-ethyl adjacent to an activating group) is 1. The number of carbonyl (C=O) groups excluding carboxylic acids is 1. The van der Waals surface area contributed by atoms with Gasteiger partial charge >= 0.3 is 0 Å². The normalized spacial score (nSPS) is 19.1. The lowest BCUT2D eigenvalue weighted by Gasteiger charge is -2.36. The summed E-state index contributed by atoms with van der Waals surface area (Å²) in [6, 6.07) is 4.34. The summed E-state index contributed by atoms with van der Waals surface area (Å²) < 4.78 is 18.8. The third-order valence-corrected chi connectivity index (χ3v) is 4.67. The van der Waals surface area contributed by atoms with Crippen molar-refractivity contribution in [2.24, 2.45) is 0 Å². The highest BCUT2D eigenvalue weighted by Gasteiger charge is 2.26. The molecule has 0 spiro atoms. The van der Waals surface area contributed by atoms with Crippen molar-refractivity contribution in [3.8, 4) is 0 Å². The molecule has 0 radical (unpaired) electrons. The Kier molecular flexibility index (Phi) is 6.97. The molecule has 146 valence electrons. The molecule has 2 N–H and O–H groups in total. The molecule has 1 fully saturated rings. The highest BCUT2D eigenvalue weighted by molar-refractivity contribution is 5.78. The van der Waals surface area contributed by atoms with E-state index in [0.29, 0.717) is 0 Å². The minimum absolute atomic E-state index is 0.0707. The number of hydrogen-bond donors (Lipinski definition) is 2. The number of benzene rings is 1. The summed E-state index contributed by atoms with van der Waals surface area (Å²) in [6.45, 7) is 7.06. The van der Waals surface area contributed by atoms with Crippen molar-refractivity contribution in [2.45, 2.75) is 31.9 Å². The monoisotopic (exact) mass is 367 g/mol. The van der Waals surface area contributed by atoms with Gasteiger partial charge in [0.2, 0.25) is 5.91 Å². The van der Waals surface area contributed by atoms with Crippen LogP contribution < -0.4 is 10.2 Å². The van der Waals surface area contributed by atoms with Gasteiger partial charge in [0.25, 0.3) is 0 Å². The molecule has 6 nitrogen and oxygen atoms in total. The van der Waals surface area contributed by atoms with Crippen LogP contribution >= 0.6 is 0 Å². The lowest BCUT2D eigenvalue weighted by molar-refractivity contribution is -0.128. The zero-order valence-corrected chi connectivity index (χ0v) is 16.1. The van der Waals surface area contributed by atoms with E-state index in [0.717, 1.165) is 37.4 Å². The summed E-state index contributed by atoms with van der Waals surface area (Å²) in [5.74, 6) is -0.626. The maximum Gasteiger partial charge on any atom is 0.223 e. The molecule has 2 rings (SSSR count). The molecule has 0 saturated carbocycles. The lowest BCUT2D eigenvalue weighted by Crippen LogP contribution is -2.45. The number of amides is 1. The second-order valence-corrected chi connectivity index (χ2v) is 7.39. The standard InChI is InChI=1S/C19H30FN3O3/c1-14(21-18(24)12-19(2,25)13-26-4)16-11-15(20)5-6-17(16)23-9-7-22(3)8-10-23/h5-6,11,14,25H,7-10,12-13H2,1-4H3,(H,21,24). The molecule has 2 atom stereocenters. The van der Waals surface area contributed by atoms with Crippen LogP contribution in [-0.2, 0) is 9.53 Å². The van der Waals surface area contributed by atoms with Crippen molar-refractivity contribution in [1.29, 1.82) is 0 Å². The van der Waals surface area contributed by atoms with Gasteiger partial charge in [-0.05, 0) is 39.1 Å². The van der Waals surface area contributed by atoms with Crippen molar-refractivity contribution >= 4 is 11.6 Å². The molecule has 1 aliphatic heterocycles. The number of carbonyl (C=O) groups is 1. The Labute approximate surface area is 154 Å². The number of halogens is 1. The number of anilines is 1. The molecule has 1 saturated heterocycles. The smallest absolute Gasteiger partial charge is 0.223 e. The van der Waals surface area contributed by atoms with Crippen LogP contribution in [0.4, 0.5) is 10.1 Å². The number of methoxy groups -OCH3 is 1. The second-order valence-electron chi connectivity index (χ2n) is 7.39. The van der Waals surface area contributed by atoms with Gasteiger partial charge in [0.05, 0.1) is 24.7 Å². The predicted molar refractivity (Wildman–Crippen MR) is 99.8 cm³/mol. The zero-order valence-electron chi connectivity index (χ0n) is 16.1. The Balaban J connectivity index is 2.11. The van der Waals surface area contributed by atoms with Gasteiger partial charge in [-0.15, -0.1) is 0 Å². The maximum atomic E-state index is 13.8. The summed E-state index contributed by atoms with van der Waals surface area (Å²) in [5, 5.41) is 13.0. The minimum atomic E-state index is -1.24. The molecule has 1 aliphatic rings. The van der Waals surface area contributed by atoms with Gasteiger partial charge in [-0.2, -0.15) is 0 Å². The quantitative estimate of drug-likeness (QED) is 0.765. The maximum absolute atomic E-state index is 13.8. The Morgan fingerprint density at radius 2 is 2.04 bits per heavy atom. The number of piperazine rings is 1. The second kappa shape index (κ2) is 8.79. The average molecular weight is 367 g/mol. The summed E-state index contributed by atoms with van der Waals surface area (Å²) in [5.41, 5.74) is 0.450. The first-order chi connectivity index (χ1) is 12.2. The van der Waals surface area contributed by atoms with E-state index < -0.39 is 5.60 Å². The molecule has 1 heterocycles. The van der Waals surface area contributed by atoms with Crippen molar-refractivity contribution < 1.29 is 19.0 Å². The highest BCUT2D eigenvalue weighted by Crippen LogP contribution is 2.28. The number of rotatable bonds is 7. The fourth-order valence-electron chi connectivity index (χ4n) is 3.29. The predicted octanol–water partition coefficient (Wildman–Crippen LogP) is 1.54. The van der Waals surface area contributed by atoms with E-state index in [2.05, 4.69) is 22.2 Å². The Morgan fingerprint density at radius 1 is 1.38 bits per heavy atom. The molecule has 1 aromatic rings.